The molecular formula is C10H23NO. The van der Waals surface area contributed by atoms with E-state index < -0.39 is 0 Å². The second-order valence-corrected chi connectivity index (χ2v) is 3.76. The van der Waals surface area contributed by atoms with E-state index in [9.17, 15) is 0 Å². The molecule has 0 aromatic carbocycles. The van der Waals surface area contributed by atoms with Crippen molar-refractivity contribution in [2.45, 2.75) is 33.2 Å². The van der Waals surface area contributed by atoms with Crippen LogP contribution in [0.5, 0.6) is 0 Å². The van der Waals surface area contributed by atoms with E-state index in [0.29, 0.717) is 12.0 Å². The molecule has 0 aromatic heterocycles. The van der Waals surface area contributed by atoms with E-state index >= 15 is 0 Å². The first-order valence-electron chi connectivity index (χ1n) is 4.81. The van der Waals surface area contributed by atoms with Gasteiger partial charge in [0.15, 0.2) is 0 Å². The van der Waals surface area contributed by atoms with Crippen LogP contribution in [-0.2, 0) is 4.74 Å². The number of methoxy groups -OCH3 is 1. The van der Waals surface area contributed by atoms with E-state index in [2.05, 4.69) is 32.7 Å². The van der Waals surface area contributed by atoms with Crippen molar-refractivity contribution in [2.24, 2.45) is 5.92 Å². The number of ether oxygens (including phenoxy) is 1. The van der Waals surface area contributed by atoms with Gasteiger partial charge in [-0.15, -0.1) is 0 Å². The van der Waals surface area contributed by atoms with Gasteiger partial charge in [-0.2, -0.15) is 0 Å². The van der Waals surface area contributed by atoms with Crippen molar-refractivity contribution >= 4 is 0 Å². The van der Waals surface area contributed by atoms with Crippen LogP contribution < -0.4 is 0 Å². The third kappa shape index (κ3) is 4.73. The van der Waals surface area contributed by atoms with Crippen molar-refractivity contribution in [3.63, 3.8) is 0 Å². The summed E-state index contributed by atoms with van der Waals surface area (Å²) in [5.41, 5.74) is 0. The molecule has 0 aliphatic rings. The molecule has 0 N–H and O–H groups in total. The number of hydrogen-bond donors (Lipinski definition) is 0. The Morgan fingerprint density at radius 2 is 1.92 bits per heavy atom. The first-order valence-corrected chi connectivity index (χ1v) is 4.81. The molecule has 2 heteroatoms. The van der Waals surface area contributed by atoms with Crippen LogP contribution in [-0.4, -0.2) is 38.3 Å². The lowest BCUT2D eigenvalue weighted by atomic mass is 10.1. The summed E-state index contributed by atoms with van der Waals surface area (Å²) in [4.78, 5) is 2.37. The average molecular weight is 173 g/mol. The highest BCUT2D eigenvalue weighted by Crippen LogP contribution is 2.06. The summed E-state index contributed by atoms with van der Waals surface area (Å²) in [5, 5.41) is 0. The highest BCUT2D eigenvalue weighted by atomic mass is 16.5. The topological polar surface area (TPSA) is 12.5 Å². The normalized spacial score (nSPS) is 14.2. The maximum absolute atomic E-state index is 5.15. The summed E-state index contributed by atoms with van der Waals surface area (Å²) in [7, 11) is 3.95. The van der Waals surface area contributed by atoms with Crippen molar-refractivity contribution in [1.29, 1.82) is 0 Å². The maximum atomic E-state index is 5.15. The first kappa shape index (κ1) is 11.9. The lowest BCUT2D eigenvalue weighted by Gasteiger charge is -2.25. The van der Waals surface area contributed by atoms with Gasteiger partial charge in [0.25, 0.3) is 0 Å². The Hall–Kier alpha value is -0.0800. The zero-order valence-electron chi connectivity index (χ0n) is 9.13. The molecule has 0 aliphatic carbocycles. The summed E-state index contributed by atoms with van der Waals surface area (Å²) in [6, 6.07) is 0.635. The summed E-state index contributed by atoms with van der Waals surface area (Å²) >= 11 is 0. The molecule has 0 saturated heterocycles. The third-order valence-electron chi connectivity index (χ3n) is 2.41. The third-order valence-corrected chi connectivity index (χ3v) is 2.41. The molecule has 1 atom stereocenters. The van der Waals surface area contributed by atoms with Crippen LogP contribution >= 0.6 is 0 Å². The Balaban J connectivity index is 3.68. The molecule has 12 heavy (non-hydrogen) atoms. The van der Waals surface area contributed by atoms with E-state index in [1.807, 2.05) is 0 Å². The van der Waals surface area contributed by atoms with E-state index in [4.69, 9.17) is 4.74 Å². The van der Waals surface area contributed by atoms with E-state index in [-0.39, 0.29) is 0 Å². The van der Waals surface area contributed by atoms with Crippen LogP contribution in [0.1, 0.15) is 27.2 Å². The molecule has 0 fully saturated rings. The molecule has 0 rings (SSSR count). The quantitative estimate of drug-likeness (QED) is 0.609. The predicted molar refractivity (Wildman–Crippen MR) is 53.4 cm³/mol. The van der Waals surface area contributed by atoms with Crippen LogP contribution in [0.15, 0.2) is 0 Å². The zero-order chi connectivity index (χ0) is 9.56. The molecular weight excluding hydrogens is 150 g/mol. The Morgan fingerprint density at radius 3 is 2.25 bits per heavy atom. The van der Waals surface area contributed by atoms with Gasteiger partial charge in [0.2, 0.25) is 0 Å². The van der Waals surface area contributed by atoms with Gasteiger partial charge in [-0.25, -0.2) is 0 Å². The molecule has 2 nitrogen and oxygen atoms in total. The highest BCUT2D eigenvalue weighted by molar-refractivity contribution is 4.64. The Morgan fingerprint density at radius 1 is 1.33 bits per heavy atom. The molecule has 0 saturated carbocycles. The van der Waals surface area contributed by atoms with Crippen molar-refractivity contribution in [2.75, 3.05) is 27.3 Å². The summed E-state index contributed by atoms with van der Waals surface area (Å²) < 4.78 is 5.15. The molecule has 0 spiro atoms. The minimum Gasteiger partial charge on any atom is -0.384 e. The fraction of sp³-hybridized carbons (Fsp3) is 1.00. The summed E-state index contributed by atoms with van der Waals surface area (Å²) in [5.74, 6) is 0.683. The largest absolute Gasteiger partial charge is 0.384 e. The van der Waals surface area contributed by atoms with E-state index in [1.54, 1.807) is 7.11 Å². The van der Waals surface area contributed by atoms with Crippen LogP contribution in [0.4, 0.5) is 0 Å². The standard InChI is InChI=1S/C10H23NO/c1-6-10(8-12-5)7-11(4)9(2)3/h9-10H,6-8H2,1-5H3. The SMILES string of the molecule is CCC(COC)CN(C)C(C)C. The Labute approximate surface area is 76.9 Å². The van der Waals surface area contributed by atoms with Gasteiger partial charge in [0.1, 0.15) is 0 Å². The lowest BCUT2D eigenvalue weighted by Crippen LogP contribution is -2.33. The van der Waals surface area contributed by atoms with Gasteiger partial charge >= 0.3 is 0 Å². The molecule has 0 heterocycles. The fourth-order valence-electron chi connectivity index (χ4n) is 1.15. The number of rotatable bonds is 6. The summed E-state index contributed by atoms with van der Waals surface area (Å²) in [6.07, 6.45) is 1.20. The molecule has 0 amide bonds. The van der Waals surface area contributed by atoms with Gasteiger partial charge in [-0.1, -0.05) is 6.92 Å². The van der Waals surface area contributed by atoms with Gasteiger partial charge in [-0.3, -0.25) is 0 Å². The van der Waals surface area contributed by atoms with Crippen LogP contribution in [0.3, 0.4) is 0 Å². The van der Waals surface area contributed by atoms with Crippen LogP contribution in [0.25, 0.3) is 0 Å². The van der Waals surface area contributed by atoms with E-state index in [1.165, 1.54) is 6.42 Å². The Bertz CT molecular complexity index is 104. The minimum atomic E-state index is 0.635. The maximum Gasteiger partial charge on any atom is 0.0502 e. The second kappa shape index (κ2) is 6.44. The summed E-state index contributed by atoms with van der Waals surface area (Å²) in [6.45, 7) is 8.69. The van der Waals surface area contributed by atoms with Crippen LogP contribution in [0.2, 0.25) is 0 Å². The highest BCUT2D eigenvalue weighted by Gasteiger charge is 2.10. The minimum absolute atomic E-state index is 0.635. The second-order valence-electron chi connectivity index (χ2n) is 3.76. The monoisotopic (exact) mass is 173 g/mol. The molecule has 0 radical (unpaired) electrons. The fourth-order valence-corrected chi connectivity index (χ4v) is 1.15. The zero-order valence-corrected chi connectivity index (χ0v) is 9.13. The van der Waals surface area contributed by atoms with Crippen molar-refractivity contribution in [3.8, 4) is 0 Å². The van der Waals surface area contributed by atoms with Crippen molar-refractivity contribution < 1.29 is 4.74 Å². The van der Waals surface area contributed by atoms with Gasteiger partial charge in [0, 0.05) is 19.7 Å². The smallest absolute Gasteiger partial charge is 0.0502 e. The average Bonchev–Trinajstić information content (AvgIpc) is 2.03. The molecule has 74 valence electrons. The lowest BCUT2D eigenvalue weighted by molar-refractivity contribution is 0.118. The molecule has 1 unspecified atom stereocenters. The number of nitrogens with zero attached hydrogens (tertiary/aromatic N) is 1. The van der Waals surface area contributed by atoms with Gasteiger partial charge in [0.05, 0.1) is 6.61 Å². The van der Waals surface area contributed by atoms with Crippen molar-refractivity contribution in [1.82, 2.24) is 4.90 Å². The predicted octanol–water partition coefficient (Wildman–Crippen LogP) is 2.00. The van der Waals surface area contributed by atoms with Gasteiger partial charge in [-0.05, 0) is 33.2 Å². The Kier molecular flexibility index (Phi) is 6.39. The molecule has 0 aliphatic heterocycles. The van der Waals surface area contributed by atoms with Crippen LogP contribution in [0, 0.1) is 5.92 Å². The first-order chi connectivity index (χ1) is 5.61. The number of hydrogen-bond acceptors (Lipinski definition) is 2. The van der Waals surface area contributed by atoms with Crippen molar-refractivity contribution in [3.05, 3.63) is 0 Å². The molecule has 0 aromatic rings. The van der Waals surface area contributed by atoms with E-state index in [0.717, 1.165) is 13.2 Å². The van der Waals surface area contributed by atoms with Gasteiger partial charge < -0.3 is 9.64 Å². The molecule has 0 bridgehead atoms.